The quantitative estimate of drug-likeness (QED) is 0.773. The van der Waals surface area contributed by atoms with Gasteiger partial charge in [0.2, 0.25) is 10.0 Å². The van der Waals surface area contributed by atoms with Crippen LogP contribution in [0.5, 0.6) is 0 Å². The maximum atomic E-state index is 13.9. The number of nitrogens with one attached hydrogen (secondary N) is 1. The number of carbonyl (C=O) groups is 1. The predicted octanol–water partition coefficient (Wildman–Crippen LogP) is 0.324. The van der Waals surface area contributed by atoms with Crippen molar-refractivity contribution in [3.8, 4) is 0 Å². The number of carbonyl (C=O) groups excluding carboxylic acids is 1. The highest BCUT2D eigenvalue weighted by Gasteiger charge is 2.22. The standard InChI is InChI=1S/C14H17FN4O4S/c1-19-13(5-6-17-19)12(8-23-2)18-14(20)10-7-9(24(16,21)22)3-4-11(10)15/h3-7,12H,8H2,1-2H3,(H,18,20)(H2,16,21,22)/t12-/m1/s1. The fraction of sp³-hybridized carbons (Fsp3) is 0.286. The number of aryl methyl sites for hydroxylation is 1. The summed E-state index contributed by atoms with van der Waals surface area (Å²) in [7, 11) is -0.907. The zero-order valence-corrected chi connectivity index (χ0v) is 13.9. The Balaban J connectivity index is 2.32. The molecule has 8 nitrogen and oxygen atoms in total. The first-order valence-electron chi connectivity index (χ1n) is 6.84. The third-order valence-corrected chi connectivity index (χ3v) is 4.28. The molecule has 1 aromatic carbocycles. The van der Waals surface area contributed by atoms with E-state index in [1.807, 2.05) is 0 Å². The molecule has 0 aliphatic heterocycles. The van der Waals surface area contributed by atoms with Crippen LogP contribution in [-0.2, 0) is 21.8 Å². The van der Waals surface area contributed by atoms with E-state index in [0.717, 1.165) is 18.2 Å². The molecule has 0 aliphatic rings. The van der Waals surface area contributed by atoms with Crippen molar-refractivity contribution in [1.29, 1.82) is 0 Å². The number of rotatable bonds is 6. The van der Waals surface area contributed by atoms with E-state index < -0.39 is 33.4 Å². The maximum absolute atomic E-state index is 13.9. The SMILES string of the molecule is COC[C@@H](NC(=O)c1cc(S(N)(=O)=O)ccc1F)c1ccnn1C. The van der Waals surface area contributed by atoms with Crippen LogP contribution in [0.25, 0.3) is 0 Å². The summed E-state index contributed by atoms with van der Waals surface area (Å²) < 4.78 is 43.3. The number of primary sulfonamides is 1. The van der Waals surface area contributed by atoms with E-state index >= 15 is 0 Å². The fourth-order valence-electron chi connectivity index (χ4n) is 2.18. The molecule has 24 heavy (non-hydrogen) atoms. The Kier molecular flexibility index (Phi) is 5.32. The van der Waals surface area contributed by atoms with Crippen molar-refractivity contribution in [1.82, 2.24) is 15.1 Å². The van der Waals surface area contributed by atoms with Crippen molar-refractivity contribution >= 4 is 15.9 Å². The number of nitrogens with two attached hydrogens (primary N) is 1. The van der Waals surface area contributed by atoms with E-state index in [9.17, 15) is 17.6 Å². The number of methoxy groups -OCH3 is 1. The lowest BCUT2D eigenvalue weighted by Gasteiger charge is -2.18. The van der Waals surface area contributed by atoms with Gasteiger partial charge in [0.05, 0.1) is 28.8 Å². The van der Waals surface area contributed by atoms with Gasteiger partial charge < -0.3 is 10.1 Å². The Bertz CT molecular complexity index is 850. The third-order valence-electron chi connectivity index (χ3n) is 3.37. The van der Waals surface area contributed by atoms with Gasteiger partial charge in [-0.3, -0.25) is 9.48 Å². The van der Waals surface area contributed by atoms with Crippen LogP contribution >= 0.6 is 0 Å². The molecule has 0 bridgehead atoms. The van der Waals surface area contributed by atoms with Crippen molar-refractivity contribution in [3.63, 3.8) is 0 Å². The molecule has 3 N–H and O–H groups in total. The number of halogens is 1. The Labute approximate surface area is 138 Å². The summed E-state index contributed by atoms with van der Waals surface area (Å²) in [6, 6.07) is 3.86. The second kappa shape index (κ2) is 7.07. The van der Waals surface area contributed by atoms with Crippen molar-refractivity contribution in [2.75, 3.05) is 13.7 Å². The molecule has 0 saturated heterocycles. The highest BCUT2D eigenvalue weighted by atomic mass is 32.2. The van der Waals surface area contributed by atoms with Crippen LogP contribution in [0.1, 0.15) is 22.1 Å². The van der Waals surface area contributed by atoms with Gasteiger partial charge in [-0.1, -0.05) is 0 Å². The molecule has 2 rings (SSSR count). The van der Waals surface area contributed by atoms with Crippen LogP contribution in [0.3, 0.4) is 0 Å². The van der Waals surface area contributed by atoms with E-state index in [0.29, 0.717) is 5.69 Å². The molecular weight excluding hydrogens is 339 g/mol. The maximum Gasteiger partial charge on any atom is 0.254 e. The molecule has 1 heterocycles. The van der Waals surface area contributed by atoms with Crippen molar-refractivity contribution in [2.24, 2.45) is 12.2 Å². The summed E-state index contributed by atoms with van der Waals surface area (Å²) in [5.41, 5.74) is 0.220. The van der Waals surface area contributed by atoms with E-state index in [-0.39, 0.29) is 11.5 Å². The lowest BCUT2D eigenvalue weighted by molar-refractivity contribution is 0.0888. The molecule has 10 heteroatoms. The van der Waals surface area contributed by atoms with Gasteiger partial charge in [0, 0.05) is 20.4 Å². The number of aromatic nitrogens is 2. The highest BCUT2D eigenvalue weighted by molar-refractivity contribution is 7.89. The van der Waals surface area contributed by atoms with Crippen LogP contribution in [0.4, 0.5) is 4.39 Å². The Morgan fingerprint density at radius 2 is 2.17 bits per heavy atom. The molecule has 130 valence electrons. The molecule has 1 amide bonds. The number of amides is 1. The molecule has 0 saturated carbocycles. The van der Waals surface area contributed by atoms with E-state index in [1.54, 1.807) is 24.0 Å². The topological polar surface area (TPSA) is 116 Å². The molecule has 0 fully saturated rings. The van der Waals surface area contributed by atoms with Crippen LogP contribution in [0.15, 0.2) is 35.4 Å². The Hall–Kier alpha value is -2.30. The number of hydrogen-bond acceptors (Lipinski definition) is 5. The summed E-state index contributed by atoms with van der Waals surface area (Å²) in [6.07, 6.45) is 1.55. The molecule has 0 aliphatic carbocycles. The molecular formula is C14H17FN4O4S. The molecule has 0 unspecified atom stereocenters. The minimum atomic E-state index is -4.05. The molecule has 0 radical (unpaired) electrons. The van der Waals surface area contributed by atoms with Crippen molar-refractivity contribution in [3.05, 3.63) is 47.5 Å². The van der Waals surface area contributed by atoms with E-state index in [4.69, 9.17) is 9.88 Å². The fourth-order valence-corrected chi connectivity index (χ4v) is 2.72. The van der Waals surface area contributed by atoms with Gasteiger partial charge >= 0.3 is 0 Å². The number of sulfonamides is 1. The third kappa shape index (κ3) is 3.96. The molecule has 2 aromatic rings. The van der Waals surface area contributed by atoms with E-state index in [2.05, 4.69) is 10.4 Å². The van der Waals surface area contributed by atoms with Gasteiger partial charge in [0.25, 0.3) is 5.91 Å². The number of hydrogen-bond donors (Lipinski definition) is 2. The summed E-state index contributed by atoms with van der Waals surface area (Å²) in [4.78, 5) is 12.0. The van der Waals surface area contributed by atoms with E-state index in [1.165, 1.54) is 7.11 Å². The lowest BCUT2D eigenvalue weighted by atomic mass is 10.1. The van der Waals surface area contributed by atoms with Crippen LogP contribution in [0, 0.1) is 5.82 Å². The second-order valence-electron chi connectivity index (χ2n) is 5.05. The number of ether oxygens (including phenoxy) is 1. The summed E-state index contributed by atoms with van der Waals surface area (Å²) in [5, 5.41) is 11.6. The largest absolute Gasteiger partial charge is 0.382 e. The normalized spacial score (nSPS) is 12.8. The smallest absolute Gasteiger partial charge is 0.254 e. The van der Waals surface area contributed by atoms with Crippen LogP contribution in [0.2, 0.25) is 0 Å². The second-order valence-corrected chi connectivity index (χ2v) is 6.61. The van der Waals surface area contributed by atoms with Crippen molar-refractivity contribution in [2.45, 2.75) is 10.9 Å². The molecule has 1 aromatic heterocycles. The average molecular weight is 356 g/mol. The highest BCUT2D eigenvalue weighted by Crippen LogP contribution is 2.17. The average Bonchev–Trinajstić information content (AvgIpc) is 2.92. The zero-order valence-electron chi connectivity index (χ0n) is 13.1. The summed E-state index contributed by atoms with van der Waals surface area (Å²) in [5.74, 6) is -1.65. The first-order valence-corrected chi connectivity index (χ1v) is 8.38. The Morgan fingerprint density at radius 1 is 1.46 bits per heavy atom. The van der Waals surface area contributed by atoms with Crippen LogP contribution < -0.4 is 10.5 Å². The first-order chi connectivity index (χ1) is 11.2. The molecule has 0 spiro atoms. The minimum absolute atomic E-state index is 0.127. The van der Waals surface area contributed by atoms with Gasteiger partial charge in [-0.15, -0.1) is 0 Å². The predicted molar refractivity (Wildman–Crippen MR) is 83.1 cm³/mol. The number of benzene rings is 1. The summed E-state index contributed by atoms with van der Waals surface area (Å²) >= 11 is 0. The van der Waals surface area contributed by atoms with Crippen LogP contribution in [-0.4, -0.2) is 37.8 Å². The Morgan fingerprint density at radius 3 is 2.71 bits per heavy atom. The number of nitrogens with zero attached hydrogens (tertiary/aromatic N) is 2. The van der Waals surface area contributed by atoms with Crippen molar-refractivity contribution < 1.29 is 22.3 Å². The van der Waals surface area contributed by atoms with Gasteiger partial charge in [0.15, 0.2) is 0 Å². The summed E-state index contributed by atoms with van der Waals surface area (Å²) in [6.45, 7) is 0.127. The minimum Gasteiger partial charge on any atom is -0.382 e. The van der Waals surface area contributed by atoms with Gasteiger partial charge in [-0.2, -0.15) is 5.10 Å². The lowest BCUT2D eigenvalue weighted by Crippen LogP contribution is -2.33. The zero-order chi connectivity index (χ0) is 17.9. The monoisotopic (exact) mass is 356 g/mol. The van der Waals surface area contributed by atoms with Gasteiger partial charge in [-0.05, 0) is 24.3 Å². The first kappa shape index (κ1) is 18.0. The van der Waals surface area contributed by atoms with Gasteiger partial charge in [0.1, 0.15) is 5.82 Å². The molecule has 1 atom stereocenters. The van der Waals surface area contributed by atoms with Gasteiger partial charge in [-0.25, -0.2) is 17.9 Å².